The molecular formula is C17H15ClF2N4O3S. The van der Waals surface area contributed by atoms with Gasteiger partial charge in [-0.05, 0) is 30.7 Å². The Morgan fingerprint density at radius 2 is 1.89 bits per heavy atom. The third-order valence-electron chi connectivity index (χ3n) is 3.71. The molecule has 1 aromatic heterocycles. The van der Waals surface area contributed by atoms with Crippen molar-refractivity contribution in [1.82, 2.24) is 19.9 Å². The summed E-state index contributed by atoms with van der Waals surface area (Å²) in [6, 6.07) is 11.1. The maximum Gasteiger partial charge on any atom is 0.387 e. The second kappa shape index (κ2) is 8.21. The summed E-state index contributed by atoms with van der Waals surface area (Å²) in [6.07, 6.45) is 0. The fourth-order valence-corrected chi connectivity index (χ4v) is 3.97. The second-order valence-electron chi connectivity index (χ2n) is 5.71. The van der Waals surface area contributed by atoms with E-state index in [9.17, 15) is 17.2 Å². The average Bonchev–Trinajstić information content (AvgIpc) is 3.08. The van der Waals surface area contributed by atoms with E-state index in [2.05, 4.69) is 24.6 Å². The minimum absolute atomic E-state index is 0.215. The molecule has 7 nitrogen and oxygen atoms in total. The molecule has 148 valence electrons. The first kappa shape index (κ1) is 20.2. The van der Waals surface area contributed by atoms with Gasteiger partial charge in [0.15, 0.2) is 5.82 Å². The van der Waals surface area contributed by atoms with E-state index < -0.39 is 22.7 Å². The SMILES string of the molecule is Cc1nc(C(NS(=O)(=O)c2ccc(OC(F)F)c(Cl)c2)c2ccccc2)n[nH]1. The molecule has 0 aliphatic rings. The summed E-state index contributed by atoms with van der Waals surface area (Å²) in [6.45, 7) is -1.39. The smallest absolute Gasteiger partial charge is 0.387 e. The maximum absolute atomic E-state index is 12.9. The molecule has 3 rings (SSSR count). The van der Waals surface area contributed by atoms with Crippen LogP contribution in [-0.2, 0) is 10.0 Å². The lowest BCUT2D eigenvalue weighted by Crippen LogP contribution is -2.30. The lowest BCUT2D eigenvalue weighted by atomic mass is 10.1. The number of sulfonamides is 1. The number of halogens is 3. The fraction of sp³-hybridized carbons (Fsp3) is 0.176. The molecule has 28 heavy (non-hydrogen) atoms. The first-order valence-corrected chi connectivity index (χ1v) is 9.83. The van der Waals surface area contributed by atoms with E-state index in [4.69, 9.17) is 11.6 Å². The van der Waals surface area contributed by atoms with Gasteiger partial charge in [-0.15, -0.1) is 0 Å². The quantitative estimate of drug-likeness (QED) is 0.601. The van der Waals surface area contributed by atoms with Gasteiger partial charge in [-0.1, -0.05) is 41.9 Å². The molecule has 1 unspecified atom stereocenters. The number of H-pyrrole nitrogens is 1. The van der Waals surface area contributed by atoms with E-state index in [1.165, 1.54) is 0 Å². The average molecular weight is 429 g/mol. The number of aryl methyl sites for hydroxylation is 1. The molecule has 0 saturated carbocycles. The summed E-state index contributed by atoms with van der Waals surface area (Å²) in [5.74, 6) is 0.433. The van der Waals surface area contributed by atoms with Crippen LogP contribution in [-0.4, -0.2) is 30.2 Å². The number of rotatable bonds is 7. The number of hydrogen-bond acceptors (Lipinski definition) is 5. The van der Waals surface area contributed by atoms with Crippen molar-refractivity contribution in [1.29, 1.82) is 0 Å². The van der Waals surface area contributed by atoms with Crippen LogP contribution in [0.5, 0.6) is 5.75 Å². The predicted molar refractivity (Wildman–Crippen MR) is 97.8 cm³/mol. The Balaban J connectivity index is 1.95. The number of alkyl halides is 2. The molecule has 0 aliphatic heterocycles. The van der Waals surface area contributed by atoms with E-state index >= 15 is 0 Å². The van der Waals surface area contributed by atoms with E-state index in [1.807, 2.05) is 0 Å². The third kappa shape index (κ3) is 4.64. The standard InChI is InChI=1S/C17H15ClF2N4O3S/c1-10-21-16(23-22-10)15(11-5-3-2-4-6-11)24-28(25,26)12-7-8-14(13(18)9-12)27-17(19)20/h2-9,15,17,24H,1H3,(H,21,22,23). The number of hydrogen-bond donors (Lipinski definition) is 2. The summed E-state index contributed by atoms with van der Waals surface area (Å²) >= 11 is 5.87. The van der Waals surface area contributed by atoms with Gasteiger partial charge in [-0.3, -0.25) is 5.10 Å². The van der Waals surface area contributed by atoms with Gasteiger partial charge < -0.3 is 4.74 Å². The van der Waals surface area contributed by atoms with E-state index in [1.54, 1.807) is 37.3 Å². The zero-order valence-corrected chi connectivity index (χ0v) is 16.0. The molecule has 1 atom stereocenters. The molecular weight excluding hydrogens is 414 g/mol. The Morgan fingerprint density at radius 1 is 1.18 bits per heavy atom. The molecule has 0 spiro atoms. The summed E-state index contributed by atoms with van der Waals surface area (Å²) in [5.41, 5.74) is 0.619. The van der Waals surface area contributed by atoms with Gasteiger partial charge in [0.25, 0.3) is 0 Å². The molecule has 1 heterocycles. The van der Waals surface area contributed by atoms with Crippen molar-refractivity contribution in [2.45, 2.75) is 24.5 Å². The van der Waals surface area contributed by atoms with Crippen molar-refractivity contribution in [2.75, 3.05) is 0 Å². The highest BCUT2D eigenvalue weighted by Gasteiger charge is 2.26. The minimum Gasteiger partial charge on any atom is -0.433 e. The molecule has 0 aliphatic carbocycles. The number of aromatic amines is 1. The molecule has 0 fully saturated rings. The van der Waals surface area contributed by atoms with Crippen LogP contribution in [0.4, 0.5) is 8.78 Å². The normalized spacial score (nSPS) is 12.9. The number of nitrogens with one attached hydrogen (secondary N) is 2. The van der Waals surface area contributed by atoms with Gasteiger partial charge >= 0.3 is 6.61 Å². The van der Waals surface area contributed by atoms with E-state index in [0.717, 1.165) is 18.2 Å². The Morgan fingerprint density at radius 3 is 2.46 bits per heavy atom. The van der Waals surface area contributed by atoms with Crippen LogP contribution in [0.3, 0.4) is 0 Å². The molecule has 0 saturated heterocycles. The van der Waals surface area contributed by atoms with Crippen molar-refractivity contribution in [3.8, 4) is 5.75 Å². The van der Waals surface area contributed by atoms with Gasteiger partial charge in [0.2, 0.25) is 10.0 Å². The van der Waals surface area contributed by atoms with Crippen LogP contribution in [0, 0.1) is 6.92 Å². The van der Waals surface area contributed by atoms with Crippen LogP contribution in [0.25, 0.3) is 0 Å². The van der Waals surface area contributed by atoms with Crippen LogP contribution in [0.2, 0.25) is 5.02 Å². The first-order chi connectivity index (χ1) is 13.3. The second-order valence-corrected chi connectivity index (χ2v) is 7.84. The van der Waals surface area contributed by atoms with Crippen molar-refractivity contribution >= 4 is 21.6 Å². The van der Waals surface area contributed by atoms with Gasteiger partial charge in [0, 0.05) is 0 Å². The Bertz CT molecular complexity index is 1060. The highest BCUT2D eigenvalue weighted by Crippen LogP contribution is 2.30. The molecule has 2 aromatic carbocycles. The van der Waals surface area contributed by atoms with Gasteiger partial charge in [-0.2, -0.15) is 18.6 Å². The summed E-state index contributed by atoms with van der Waals surface area (Å²) < 4.78 is 57.2. The monoisotopic (exact) mass is 428 g/mol. The maximum atomic E-state index is 12.9. The molecule has 0 bridgehead atoms. The van der Waals surface area contributed by atoms with Gasteiger partial charge in [-0.25, -0.2) is 13.4 Å². The molecule has 0 radical (unpaired) electrons. The lowest BCUT2D eigenvalue weighted by molar-refractivity contribution is -0.0498. The largest absolute Gasteiger partial charge is 0.433 e. The number of benzene rings is 2. The van der Waals surface area contributed by atoms with E-state index in [0.29, 0.717) is 11.4 Å². The van der Waals surface area contributed by atoms with Crippen molar-refractivity contribution in [3.63, 3.8) is 0 Å². The van der Waals surface area contributed by atoms with Crippen LogP contribution in [0.1, 0.15) is 23.3 Å². The fourth-order valence-electron chi connectivity index (χ4n) is 2.47. The zero-order valence-electron chi connectivity index (χ0n) is 14.4. The molecule has 11 heteroatoms. The van der Waals surface area contributed by atoms with Crippen LogP contribution in [0.15, 0.2) is 53.4 Å². The van der Waals surface area contributed by atoms with Crippen molar-refractivity contribution in [2.24, 2.45) is 0 Å². The van der Waals surface area contributed by atoms with Gasteiger partial charge in [0.1, 0.15) is 17.6 Å². The zero-order chi connectivity index (χ0) is 20.3. The Labute approximate surface area is 164 Å². The number of aromatic nitrogens is 3. The van der Waals surface area contributed by atoms with Gasteiger partial charge in [0.05, 0.1) is 9.92 Å². The lowest BCUT2D eigenvalue weighted by Gasteiger charge is -2.17. The van der Waals surface area contributed by atoms with Crippen LogP contribution < -0.4 is 9.46 Å². The summed E-state index contributed by atoms with van der Waals surface area (Å²) in [7, 11) is -4.09. The molecule has 0 amide bonds. The topological polar surface area (TPSA) is 97.0 Å². The molecule has 3 aromatic rings. The summed E-state index contributed by atoms with van der Waals surface area (Å²) in [4.78, 5) is 3.99. The first-order valence-electron chi connectivity index (χ1n) is 7.97. The summed E-state index contributed by atoms with van der Waals surface area (Å²) in [5, 5.41) is 6.46. The highest BCUT2D eigenvalue weighted by molar-refractivity contribution is 7.89. The van der Waals surface area contributed by atoms with Crippen molar-refractivity contribution in [3.05, 3.63) is 70.8 Å². The number of ether oxygens (including phenoxy) is 1. The molecule has 2 N–H and O–H groups in total. The van der Waals surface area contributed by atoms with Crippen molar-refractivity contribution < 1.29 is 21.9 Å². The Kier molecular flexibility index (Phi) is 5.92. The predicted octanol–water partition coefficient (Wildman–Crippen LogP) is 3.44. The highest BCUT2D eigenvalue weighted by atomic mass is 35.5. The van der Waals surface area contributed by atoms with E-state index in [-0.39, 0.29) is 21.5 Å². The number of nitrogens with zero attached hydrogens (tertiary/aromatic N) is 2. The Hall–Kier alpha value is -2.56. The van der Waals surface area contributed by atoms with Crippen LogP contribution >= 0.6 is 11.6 Å². The minimum atomic E-state index is -4.09. The third-order valence-corrected chi connectivity index (χ3v) is 5.42.